The highest BCUT2D eigenvalue weighted by Gasteiger charge is 2.38. The van der Waals surface area contributed by atoms with Crippen molar-refractivity contribution in [3.05, 3.63) is 18.5 Å². The maximum atomic E-state index is 12.2. The Kier molecular flexibility index (Phi) is 3.70. The summed E-state index contributed by atoms with van der Waals surface area (Å²) in [4.78, 5) is 11.2. The quantitative estimate of drug-likeness (QED) is 0.724. The van der Waals surface area contributed by atoms with Crippen LogP contribution in [-0.4, -0.2) is 48.7 Å². The Morgan fingerprint density at radius 2 is 2.10 bits per heavy atom. The molecule has 2 heterocycles. The molecule has 0 saturated carbocycles. The Bertz CT molecular complexity index is 571. The van der Waals surface area contributed by atoms with Gasteiger partial charge in [0, 0.05) is 12.4 Å². The lowest BCUT2D eigenvalue weighted by atomic mass is 10.3. The molecule has 8 nitrogen and oxygen atoms in total. The first kappa shape index (κ1) is 14.0. The van der Waals surface area contributed by atoms with Gasteiger partial charge < -0.3 is 16.2 Å². The van der Waals surface area contributed by atoms with E-state index in [9.17, 15) is 13.2 Å². The third-order valence-electron chi connectivity index (χ3n) is 2.18. The monoisotopic (exact) mass is 289 g/mol. The summed E-state index contributed by atoms with van der Waals surface area (Å²) in [6, 6.07) is 1.61. The zero-order valence-electron chi connectivity index (χ0n) is 9.91. The van der Waals surface area contributed by atoms with Gasteiger partial charge in [-0.05, 0) is 6.07 Å². The second kappa shape index (κ2) is 5.28. The van der Waals surface area contributed by atoms with Crippen LogP contribution in [0.2, 0.25) is 0 Å². The van der Waals surface area contributed by atoms with Crippen LogP contribution in [-0.2, 0) is 0 Å². The second-order valence-electron chi connectivity index (χ2n) is 3.71. The molecule has 11 heteroatoms. The normalized spacial score (nSPS) is 13.2. The van der Waals surface area contributed by atoms with E-state index in [4.69, 9.17) is 10.8 Å². The third-order valence-corrected chi connectivity index (χ3v) is 2.18. The van der Waals surface area contributed by atoms with Crippen molar-refractivity contribution < 1.29 is 18.3 Å². The molecule has 20 heavy (non-hydrogen) atoms. The van der Waals surface area contributed by atoms with Crippen molar-refractivity contribution in [2.24, 2.45) is 0 Å². The molecule has 0 amide bonds. The summed E-state index contributed by atoms with van der Waals surface area (Å²) in [6.45, 7) is -0.800. The maximum Gasteiger partial charge on any atom is 0.416 e. The molecule has 0 fully saturated rings. The Balaban J connectivity index is 2.13. The minimum atomic E-state index is -4.73. The van der Waals surface area contributed by atoms with Gasteiger partial charge in [-0.2, -0.15) is 33.2 Å². The number of aliphatic hydroxyl groups is 1. The molecular weight excluding hydrogens is 279 g/mol. The molecular formula is C9H10F3N7O. The van der Waals surface area contributed by atoms with E-state index in [1.807, 2.05) is 0 Å². The first-order valence-corrected chi connectivity index (χ1v) is 5.36. The number of hydrogen-bond acceptors (Lipinski definition) is 7. The fraction of sp³-hybridized carbons (Fsp3) is 0.333. The van der Waals surface area contributed by atoms with E-state index in [0.29, 0.717) is 0 Å². The van der Waals surface area contributed by atoms with Gasteiger partial charge in [-0.3, -0.25) is 0 Å². The number of nitrogens with two attached hydrogens (primary N) is 1. The fourth-order valence-corrected chi connectivity index (χ4v) is 1.25. The smallest absolute Gasteiger partial charge is 0.382 e. The summed E-state index contributed by atoms with van der Waals surface area (Å²) >= 11 is 0. The van der Waals surface area contributed by atoms with Gasteiger partial charge in [-0.15, -0.1) is 0 Å². The van der Waals surface area contributed by atoms with Crippen molar-refractivity contribution in [3.8, 4) is 5.95 Å². The fourth-order valence-electron chi connectivity index (χ4n) is 1.25. The Morgan fingerprint density at radius 3 is 2.70 bits per heavy atom. The van der Waals surface area contributed by atoms with Crippen LogP contribution in [0, 0.1) is 0 Å². The van der Waals surface area contributed by atoms with Crippen LogP contribution in [0.5, 0.6) is 0 Å². The molecule has 108 valence electrons. The van der Waals surface area contributed by atoms with Gasteiger partial charge in [0.1, 0.15) is 0 Å². The molecule has 2 aromatic heterocycles. The topological polar surface area (TPSA) is 115 Å². The molecule has 0 aliphatic carbocycles. The van der Waals surface area contributed by atoms with Crippen molar-refractivity contribution >= 4 is 11.9 Å². The lowest BCUT2D eigenvalue weighted by Gasteiger charge is -2.15. The lowest BCUT2D eigenvalue weighted by molar-refractivity contribution is -0.198. The molecule has 0 radical (unpaired) electrons. The summed E-state index contributed by atoms with van der Waals surface area (Å²) in [7, 11) is 0. The predicted molar refractivity (Wildman–Crippen MR) is 61.9 cm³/mol. The summed E-state index contributed by atoms with van der Waals surface area (Å²) in [6.07, 6.45) is -4.26. The summed E-state index contributed by atoms with van der Waals surface area (Å²) in [5, 5.41) is 15.0. The SMILES string of the molecule is Nc1nc(NCC(O)C(F)(F)F)nc(-n2cccn2)n1. The summed E-state index contributed by atoms with van der Waals surface area (Å²) < 4.78 is 37.7. The van der Waals surface area contributed by atoms with E-state index in [0.717, 1.165) is 0 Å². The molecule has 1 atom stereocenters. The molecule has 0 aliphatic heterocycles. The first-order valence-electron chi connectivity index (χ1n) is 5.36. The number of hydrogen-bond donors (Lipinski definition) is 3. The second-order valence-corrected chi connectivity index (χ2v) is 3.71. The number of rotatable bonds is 4. The predicted octanol–water partition coefficient (Wildman–Crippen LogP) is -0.0254. The van der Waals surface area contributed by atoms with Gasteiger partial charge in [0.15, 0.2) is 6.10 Å². The van der Waals surface area contributed by atoms with E-state index < -0.39 is 18.8 Å². The van der Waals surface area contributed by atoms with Crippen LogP contribution in [0.25, 0.3) is 5.95 Å². The van der Waals surface area contributed by atoms with Gasteiger partial charge in [-0.1, -0.05) is 0 Å². The molecule has 2 aromatic rings. The van der Waals surface area contributed by atoms with Gasteiger partial charge in [0.25, 0.3) is 5.95 Å². The van der Waals surface area contributed by atoms with Gasteiger partial charge >= 0.3 is 6.18 Å². The van der Waals surface area contributed by atoms with Gasteiger partial charge in [-0.25, -0.2) is 4.68 Å². The highest BCUT2D eigenvalue weighted by Crippen LogP contribution is 2.20. The van der Waals surface area contributed by atoms with Crippen molar-refractivity contribution in [1.82, 2.24) is 24.7 Å². The van der Waals surface area contributed by atoms with Crippen molar-refractivity contribution in [2.45, 2.75) is 12.3 Å². The van der Waals surface area contributed by atoms with Gasteiger partial charge in [0.05, 0.1) is 6.54 Å². The summed E-state index contributed by atoms with van der Waals surface area (Å²) in [5.74, 6) is -0.327. The lowest BCUT2D eigenvalue weighted by Crippen LogP contribution is -2.35. The third kappa shape index (κ3) is 3.32. The van der Waals surface area contributed by atoms with E-state index in [1.165, 1.54) is 17.1 Å². The Hall–Kier alpha value is -2.43. The van der Waals surface area contributed by atoms with Crippen molar-refractivity contribution in [2.75, 3.05) is 17.6 Å². The average Bonchev–Trinajstić information content (AvgIpc) is 2.88. The molecule has 1 unspecified atom stereocenters. The number of nitrogens with one attached hydrogen (secondary N) is 1. The summed E-state index contributed by atoms with van der Waals surface area (Å²) in [5.41, 5.74) is 5.43. The van der Waals surface area contributed by atoms with Crippen LogP contribution < -0.4 is 11.1 Å². The largest absolute Gasteiger partial charge is 0.416 e. The van der Waals surface area contributed by atoms with E-state index >= 15 is 0 Å². The maximum absolute atomic E-state index is 12.2. The molecule has 0 aromatic carbocycles. The first-order chi connectivity index (χ1) is 9.36. The number of nitrogens with zero attached hydrogens (tertiary/aromatic N) is 5. The van der Waals surface area contributed by atoms with E-state index in [2.05, 4.69) is 25.4 Å². The Morgan fingerprint density at radius 1 is 1.35 bits per heavy atom. The zero-order valence-corrected chi connectivity index (χ0v) is 9.91. The molecule has 0 spiro atoms. The number of halogens is 3. The van der Waals surface area contributed by atoms with E-state index in [-0.39, 0.29) is 17.8 Å². The highest BCUT2D eigenvalue weighted by atomic mass is 19.4. The number of aliphatic hydroxyl groups excluding tert-OH is 1. The standard InChI is InChI=1S/C9H10F3N7O/c10-9(11,12)5(20)4-14-7-16-6(13)17-8(18-7)19-3-1-2-15-19/h1-3,5,20H,4H2,(H3,13,14,16,17,18). The molecule has 0 bridgehead atoms. The Labute approximate surface area is 110 Å². The molecule has 0 saturated heterocycles. The van der Waals surface area contributed by atoms with Gasteiger partial charge in [0.2, 0.25) is 11.9 Å². The number of aromatic nitrogens is 5. The van der Waals surface area contributed by atoms with Crippen LogP contribution in [0.1, 0.15) is 0 Å². The van der Waals surface area contributed by atoms with Crippen LogP contribution in [0.15, 0.2) is 18.5 Å². The van der Waals surface area contributed by atoms with Crippen LogP contribution in [0.4, 0.5) is 25.1 Å². The minimum absolute atomic E-state index is 0.0477. The molecule has 2 rings (SSSR count). The van der Waals surface area contributed by atoms with Crippen LogP contribution in [0.3, 0.4) is 0 Å². The van der Waals surface area contributed by atoms with Crippen molar-refractivity contribution in [3.63, 3.8) is 0 Å². The zero-order chi connectivity index (χ0) is 14.8. The molecule has 4 N–H and O–H groups in total. The van der Waals surface area contributed by atoms with E-state index in [1.54, 1.807) is 6.07 Å². The molecule has 0 aliphatic rings. The van der Waals surface area contributed by atoms with Crippen molar-refractivity contribution in [1.29, 1.82) is 0 Å². The minimum Gasteiger partial charge on any atom is -0.382 e. The number of nitrogen functional groups attached to an aromatic ring is 1. The van der Waals surface area contributed by atoms with Crippen LogP contribution >= 0.6 is 0 Å². The number of anilines is 2. The highest BCUT2D eigenvalue weighted by molar-refractivity contribution is 5.34. The number of alkyl halides is 3. The average molecular weight is 289 g/mol.